The Morgan fingerprint density at radius 1 is 1.42 bits per heavy atom. The van der Waals surface area contributed by atoms with E-state index < -0.39 is 0 Å². The summed E-state index contributed by atoms with van der Waals surface area (Å²) in [7, 11) is 0. The van der Waals surface area contributed by atoms with Gasteiger partial charge in [0.1, 0.15) is 0 Å². The smallest absolute Gasteiger partial charge is 0.230 e. The van der Waals surface area contributed by atoms with Gasteiger partial charge in [0, 0.05) is 22.5 Å². The van der Waals surface area contributed by atoms with Crippen LogP contribution in [0.3, 0.4) is 0 Å². The molecule has 0 bridgehead atoms. The summed E-state index contributed by atoms with van der Waals surface area (Å²) in [5.74, 6) is 0.324. The number of carbonyl (C=O) groups is 1. The van der Waals surface area contributed by atoms with Crippen LogP contribution in [0.25, 0.3) is 0 Å². The summed E-state index contributed by atoms with van der Waals surface area (Å²) in [5.41, 5.74) is 0. The Balaban J connectivity index is 2.35. The lowest BCUT2D eigenvalue weighted by Crippen LogP contribution is -2.39. The van der Waals surface area contributed by atoms with E-state index >= 15 is 0 Å². The van der Waals surface area contributed by atoms with Crippen molar-refractivity contribution in [2.75, 3.05) is 18.8 Å². The van der Waals surface area contributed by atoms with E-state index in [0.717, 1.165) is 11.4 Å². The average Bonchev–Trinajstić information content (AvgIpc) is 2.38. The molecule has 0 aliphatic rings. The quantitative estimate of drug-likeness (QED) is 0.758. The highest BCUT2D eigenvalue weighted by molar-refractivity contribution is 8.00. The third kappa shape index (κ3) is 6.52. The number of rotatable bonds is 7. The van der Waals surface area contributed by atoms with Gasteiger partial charge < -0.3 is 10.6 Å². The standard InChI is InChI=1S/C13H18Cl2N2OS/c1-3-16-9(2)7-17-13(18)8-19-12-6-10(14)4-5-11(12)15/h4-6,9,16H,3,7-8H2,1-2H3,(H,17,18)/t9-/m1/s1. The van der Waals surface area contributed by atoms with Crippen molar-refractivity contribution >= 4 is 40.9 Å². The molecule has 1 aromatic rings. The summed E-state index contributed by atoms with van der Waals surface area (Å²) in [5, 5.41) is 7.34. The fraction of sp³-hybridized carbons (Fsp3) is 0.462. The van der Waals surface area contributed by atoms with Gasteiger partial charge in [-0.05, 0) is 31.7 Å². The van der Waals surface area contributed by atoms with Gasteiger partial charge in [-0.2, -0.15) is 0 Å². The largest absolute Gasteiger partial charge is 0.354 e. The van der Waals surface area contributed by atoms with Gasteiger partial charge in [-0.3, -0.25) is 4.79 Å². The zero-order chi connectivity index (χ0) is 14.3. The molecule has 1 aromatic carbocycles. The number of hydrogen-bond donors (Lipinski definition) is 2. The molecule has 0 saturated heterocycles. The molecule has 2 N–H and O–H groups in total. The molecular weight excluding hydrogens is 303 g/mol. The number of halogens is 2. The molecule has 0 spiro atoms. The number of nitrogens with one attached hydrogen (secondary N) is 2. The lowest BCUT2D eigenvalue weighted by atomic mass is 10.3. The maximum atomic E-state index is 11.7. The molecule has 0 unspecified atom stereocenters. The van der Waals surface area contributed by atoms with Gasteiger partial charge in [0.05, 0.1) is 10.8 Å². The molecule has 0 aliphatic carbocycles. The minimum atomic E-state index is -0.00852. The van der Waals surface area contributed by atoms with E-state index in [1.54, 1.807) is 18.2 Å². The topological polar surface area (TPSA) is 41.1 Å². The van der Waals surface area contributed by atoms with Gasteiger partial charge in [0.25, 0.3) is 0 Å². The third-order valence-electron chi connectivity index (χ3n) is 2.41. The highest BCUT2D eigenvalue weighted by atomic mass is 35.5. The van der Waals surface area contributed by atoms with Crippen molar-refractivity contribution in [2.45, 2.75) is 24.8 Å². The molecule has 1 rings (SSSR count). The number of carbonyl (C=O) groups excluding carboxylic acids is 1. The van der Waals surface area contributed by atoms with Gasteiger partial charge in [-0.15, -0.1) is 11.8 Å². The molecular formula is C13H18Cl2N2OS. The first-order valence-electron chi connectivity index (χ1n) is 6.10. The zero-order valence-electron chi connectivity index (χ0n) is 11.0. The molecule has 0 fully saturated rings. The summed E-state index contributed by atoms with van der Waals surface area (Å²) in [6.45, 7) is 5.58. The second-order valence-electron chi connectivity index (χ2n) is 4.13. The van der Waals surface area contributed by atoms with Crippen LogP contribution in [-0.4, -0.2) is 30.8 Å². The highest BCUT2D eigenvalue weighted by Crippen LogP contribution is 2.29. The molecule has 1 amide bonds. The van der Waals surface area contributed by atoms with E-state index in [9.17, 15) is 4.79 Å². The molecule has 3 nitrogen and oxygen atoms in total. The Morgan fingerprint density at radius 2 is 2.16 bits per heavy atom. The minimum absolute atomic E-state index is 0.00852. The second-order valence-corrected chi connectivity index (χ2v) is 5.99. The Bertz CT molecular complexity index is 429. The van der Waals surface area contributed by atoms with Crippen LogP contribution in [0.4, 0.5) is 0 Å². The summed E-state index contributed by atoms with van der Waals surface area (Å²) >= 11 is 13.3. The Morgan fingerprint density at radius 3 is 2.84 bits per heavy atom. The zero-order valence-corrected chi connectivity index (χ0v) is 13.3. The number of thioether (sulfide) groups is 1. The first-order valence-corrected chi connectivity index (χ1v) is 7.85. The molecule has 6 heteroatoms. The van der Waals surface area contributed by atoms with Gasteiger partial charge in [-0.25, -0.2) is 0 Å². The lowest BCUT2D eigenvalue weighted by Gasteiger charge is -2.13. The average molecular weight is 321 g/mol. The van der Waals surface area contributed by atoms with Crippen LogP contribution in [0.5, 0.6) is 0 Å². The van der Waals surface area contributed by atoms with Crippen molar-refractivity contribution in [2.24, 2.45) is 0 Å². The van der Waals surface area contributed by atoms with Crippen LogP contribution in [-0.2, 0) is 4.79 Å². The predicted molar refractivity (Wildman–Crippen MR) is 83.3 cm³/mol. The van der Waals surface area contributed by atoms with E-state index in [2.05, 4.69) is 10.6 Å². The molecule has 106 valence electrons. The number of likely N-dealkylation sites (N-methyl/N-ethyl adjacent to an activating group) is 1. The Hall–Kier alpha value is -0.420. The summed E-state index contributed by atoms with van der Waals surface area (Å²) in [4.78, 5) is 12.5. The van der Waals surface area contributed by atoms with Crippen LogP contribution >= 0.6 is 35.0 Å². The molecule has 1 atom stereocenters. The van der Waals surface area contributed by atoms with Gasteiger partial charge >= 0.3 is 0 Å². The lowest BCUT2D eigenvalue weighted by molar-refractivity contribution is -0.118. The van der Waals surface area contributed by atoms with E-state index in [1.165, 1.54) is 11.8 Å². The van der Waals surface area contributed by atoms with Crippen molar-refractivity contribution in [3.05, 3.63) is 28.2 Å². The fourth-order valence-corrected chi connectivity index (χ4v) is 2.79. The predicted octanol–water partition coefficient (Wildman–Crippen LogP) is 3.20. The summed E-state index contributed by atoms with van der Waals surface area (Å²) in [6.07, 6.45) is 0. The molecule has 0 saturated carbocycles. The molecule has 19 heavy (non-hydrogen) atoms. The Labute approximate surface area is 128 Å². The summed E-state index contributed by atoms with van der Waals surface area (Å²) < 4.78 is 0. The number of amides is 1. The highest BCUT2D eigenvalue weighted by Gasteiger charge is 2.07. The van der Waals surface area contributed by atoms with Crippen LogP contribution in [0.2, 0.25) is 10.0 Å². The van der Waals surface area contributed by atoms with Crippen molar-refractivity contribution in [1.82, 2.24) is 10.6 Å². The Kier molecular flexibility index (Phi) is 7.61. The van der Waals surface area contributed by atoms with E-state index in [-0.39, 0.29) is 11.9 Å². The van der Waals surface area contributed by atoms with Crippen molar-refractivity contribution in [1.29, 1.82) is 0 Å². The summed E-state index contributed by atoms with van der Waals surface area (Å²) in [6, 6.07) is 5.50. The SMILES string of the molecule is CCN[C@H](C)CNC(=O)CSc1cc(Cl)ccc1Cl. The van der Waals surface area contributed by atoms with Gasteiger partial charge in [0.15, 0.2) is 0 Å². The van der Waals surface area contributed by atoms with Gasteiger partial charge in [-0.1, -0.05) is 30.1 Å². The fourth-order valence-electron chi connectivity index (χ4n) is 1.47. The molecule has 0 aromatic heterocycles. The van der Waals surface area contributed by atoms with Crippen LogP contribution in [0.1, 0.15) is 13.8 Å². The minimum Gasteiger partial charge on any atom is -0.354 e. The number of hydrogen-bond acceptors (Lipinski definition) is 3. The molecule has 0 aliphatic heterocycles. The van der Waals surface area contributed by atoms with Gasteiger partial charge in [0.2, 0.25) is 5.91 Å². The first kappa shape index (κ1) is 16.6. The normalized spacial score (nSPS) is 12.2. The van der Waals surface area contributed by atoms with Crippen LogP contribution in [0, 0.1) is 0 Å². The second kappa shape index (κ2) is 8.69. The van der Waals surface area contributed by atoms with E-state index in [0.29, 0.717) is 22.3 Å². The van der Waals surface area contributed by atoms with Crippen LogP contribution in [0.15, 0.2) is 23.1 Å². The number of benzene rings is 1. The van der Waals surface area contributed by atoms with E-state index in [1.807, 2.05) is 13.8 Å². The first-order chi connectivity index (χ1) is 9.02. The molecule has 0 radical (unpaired) electrons. The maximum absolute atomic E-state index is 11.7. The molecule has 0 heterocycles. The van der Waals surface area contributed by atoms with Crippen molar-refractivity contribution < 1.29 is 4.79 Å². The van der Waals surface area contributed by atoms with E-state index in [4.69, 9.17) is 23.2 Å². The van der Waals surface area contributed by atoms with Crippen molar-refractivity contribution in [3.8, 4) is 0 Å². The van der Waals surface area contributed by atoms with Crippen molar-refractivity contribution in [3.63, 3.8) is 0 Å². The van der Waals surface area contributed by atoms with Crippen LogP contribution < -0.4 is 10.6 Å². The third-order valence-corrected chi connectivity index (χ3v) is 4.14. The maximum Gasteiger partial charge on any atom is 0.230 e. The monoisotopic (exact) mass is 320 g/mol.